The van der Waals surface area contributed by atoms with Gasteiger partial charge in [-0.1, -0.05) is 37.0 Å². The normalized spacial score (nSPS) is 12.6. The average Bonchev–Trinajstić information content (AvgIpc) is 2.37. The van der Waals surface area contributed by atoms with E-state index in [1.54, 1.807) is 30.1 Å². The molecule has 0 aliphatic carbocycles. The predicted molar refractivity (Wildman–Crippen MR) is 80.9 cm³/mol. The molecule has 1 aromatic rings. The largest absolute Gasteiger partial charge is 0.342 e. The first-order valence-corrected chi connectivity index (χ1v) is 7.04. The lowest BCUT2D eigenvalue weighted by Gasteiger charge is -2.22. The van der Waals surface area contributed by atoms with Crippen LogP contribution in [-0.4, -0.2) is 30.4 Å². The van der Waals surface area contributed by atoms with Crippen LogP contribution < -0.4 is 5.73 Å². The lowest BCUT2D eigenvalue weighted by Crippen LogP contribution is -2.34. The van der Waals surface area contributed by atoms with Crippen molar-refractivity contribution >= 4 is 29.1 Å². The molecule has 2 N–H and O–H groups in total. The number of carbonyl (C=O) groups excluding carboxylic acids is 1. The van der Waals surface area contributed by atoms with Gasteiger partial charge in [-0.2, -0.15) is 0 Å². The molecule has 0 heterocycles. The van der Waals surface area contributed by atoms with Gasteiger partial charge in [-0.3, -0.25) is 4.79 Å². The van der Waals surface area contributed by atoms with Crippen molar-refractivity contribution in [2.75, 3.05) is 13.6 Å². The summed E-state index contributed by atoms with van der Waals surface area (Å²) in [6, 6.07) is 4.97. The molecule has 106 valence electrons. The van der Waals surface area contributed by atoms with Gasteiger partial charge < -0.3 is 10.6 Å². The molecule has 1 rings (SSSR count). The Balaban J connectivity index is 2.69. The number of carbonyl (C=O) groups is 1. The van der Waals surface area contributed by atoms with Gasteiger partial charge in [-0.25, -0.2) is 0 Å². The van der Waals surface area contributed by atoms with Crippen LogP contribution in [0.25, 0.3) is 0 Å². The minimum absolute atomic E-state index is 0.0880. The van der Waals surface area contributed by atoms with E-state index in [4.69, 9.17) is 28.9 Å². The second-order valence-electron chi connectivity index (χ2n) is 5.05. The number of amides is 1. The number of hydrogen-bond acceptors (Lipinski definition) is 2. The predicted octanol–water partition coefficient (Wildman–Crippen LogP) is 3.44. The first-order chi connectivity index (χ1) is 8.82. The van der Waals surface area contributed by atoms with Crippen LogP contribution in [0, 0.1) is 5.92 Å². The number of nitrogens with zero attached hydrogens (tertiary/aromatic N) is 1. The quantitative estimate of drug-likeness (QED) is 0.905. The van der Waals surface area contributed by atoms with E-state index in [0.29, 0.717) is 28.1 Å². The van der Waals surface area contributed by atoms with Gasteiger partial charge in [0.1, 0.15) is 0 Å². The highest BCUT2D eigenvalue weighted by Crippen LogP contribution is 2.22. The lowest BCUT2D eigenvalue weighted by atomic mass is 10.0. The van der Waals surface area contributed by atoms with Gasteiger partial charge in [-0.05, 0) is 30.5 Å². The first kappa shape index (κ1) is 16.3. The van der Waals surface area contributed by atoms with Gasteiger partial charge in [0.15, 0.2) is 0 Å². The summed E-state index contributed by atoms with van der Waals surface area (Å²) in [7, 11) is 1.74. The van der Waals surface area contributed by atoms with Crippen LogP contribution in [0.15, 0.2) is 18.2 Å². The van der Waals surface area contributed by atoms with Crippen LogP contribution in [0.2, 0.25) is 10.0 Å². The molecule has 0 saturated heterocycles. The Morgan fingerprint density at radius 3 is 2.58 bits per heavy atom. The zero-order valence-corrected chi connectivity index (χ0v) is 13.0. The number of nitrogens with two attached hydrogens (primary N) is 1. The molecular formula is C14H20Cl2N2O. The molecular weight excluding hydrogens is 283 g/mol. The van der Waals surface area contributed by atoms with Gasteiger partial charge in [0.25, 0.3) is 5.91 Å². The number of hydrogen-bond donors (Lipinski definition) is 1. The topological polar surface area (TPSA) is 46.3 Å². The lowest BCUT2D eigenvalue weighted by molar-refractivity contribution is 0.0789. The SMILES string of the molecule is CC(C)C(N)CCN(C)C(=O)c1cc(Cl)ccc1Cl. The van der Waals surface area contributed by atoms with Crippen molar-refractivity contribution in [2.24, 2.45) is 11.7 Å². The molecule has 0 saturated carbocycles. The highest BCUT2D eigenvalue weighted by Gasteiger charge is 2.17. The minimum atomic E-state index is -0.136. The molecule has 0 aromatic heterocycles. The molecule has 0 spiro atoms. The Kier molecular flexibility index (Phi) is 6.11. The molecule has 3 nitrogen and oxygen atoms in total. The third-order valence-corrected chi connectivity index (χ3v) is 3.72. The molecule has 0 bridgehead atoms. The molecule has 19 heavy (non-hydrogen) atoms. The van der Waals surface area contributed by atoms with Crippen molar-refractivity contribution in [1.29, 1.82) is 0 Å². The highest BCUT2D eigenvalue weighted by molar-refractivity contribution is 6.35. The fourth-order valence-electron chi connectivity index (χ4n) is 1.64. The molecule has 5 heteroatoms. The summed E-state index contributed by atoms with van der Waals surface area (Å²) in [6.07, 6.45) is 0.762. The summed E-state index contributed by atoms with van der Waals surface area (Å²) < 4.78 is 0. The van der Waals surface area contributed by atoms with Crippen molar-refractivity contribution in [3.8, 4) is 0 Å². The van der Waals surface area contributed by atoms with E-state index in [9.17, 15) is 4.79 Å². The van der Waals surface area contributed by atoms with Crippen LogP contribution in [0.5, 0.6) is 0 Å². The Morgan fingerprint density at radius 1 is 1.37 bits per heavy atom. The third kappa shape index (κ3) is 4.68. The van der Waals surface area contributed by atoms with Crippen molar-refractivity contribution in [1.82, 2.24) is 4.90 Å². The van der Waals surface area contributed by atoms with E-state index in [2.05, 4.69) is 13.8 Å². The summed E-state index contributed by atoms with van der Waals surface area (Å²) in [5.41, 5.74) is 6.40. The Hall–Kier alpha value is -0.770. The minimum Gasteiger partial charge on any atom is -0.342 e. The average molecular weight is 303 g/mol. The Bertz CT molecular complexity index is 449. The first-order valence-electron chi connectivity index (χ1n) is 6.29. The van der Waals surface area contributed by atoms with Crippen LogP contribution >= 0.6 is 23.2 Å². The molecule has 0 aliphatic heterocycles. The van der Waals surface area contributed by atoms with Crippen LogP contribution in [0.1, 0.15) is 30.6 Å². The second-order valence-corrected chi connectivity index (χ2v) is 5.89. The summed E-state index contributed by atoms with van der Waals surface area (Å²) in [5, 5.41) is 0.912. The van der Waals surface area contributed by atoms with Crippen LogP contribution in [-0.2, 0) is 0 Å². The fourth-order valence-corrected chi connectivity index (χ4v) is 2.02. The van der Waals surface area contributed by atoms with Gasteiger partial charge in [-0.15, -0.1) is 0 Å². The van der Waals surface area contributed by atoms with E-state index in [0.717, 1.165) is 6.42 Å². The van der Waals surface area contributed by atoms with E-state index < -0.39 is 0 Å². The zero-order chi connectivity index (χ0) is 14.6. The summed E-state index contributed by atoms with van der Waals surface area (Å²) >= 11 is 11.9. The maximum Gasteiger partial charge on any atom is 0.255 e. The molecule has 0 aliphatic rings. The summed E-state index contributed by atoms with van der Waals surface area (Å²) in [6.45, 7) is 4.74. The standard InChI is InChI=1S/C14H20Cl2N2O/c1-9(2)13(17)6-7-18(3)14(19)11-8-10(15)4-5-12(11)16/h4-5,8-9,13H,6-7,17H2,1-3H3. The fraction of sp³-hybridized carbons (Fsp3) is 0.500. The maximum absolute atomic E-state index is 12.2. The third-order valence-electron chi connectivity index (χ3n) is 3.16. The van der Waals surface area contributed by atoms with Crippen molar-refractivity contribution < 1.29 is 4.79 Å². The van der Waals surface area contributed by atoms with Crippen LogP contribution in [0.3, 0.4) is 0 Å². The molecule has 1 amide bonds. The van der Waals surface area contributed by atoms with Crippen molar-refractivity contribution in [3.05, 3.63) is 33.8 Å². The van der Waals surface area contributed by atoms with Gasteiger partial charge in [0, 0.05) is 24.7 Å². The number of rotatable bonds is 5. The molecule has 0 radical (unpaired) electrons. The van der Waals surface area contributed by atoms with Crippen molar-refractivity contribution in [2.45, 2.75) is 26.3 Å². The van der Waals surface area contributed by atoms with Gasteiger partial charge in [0.2, 0.25) is 0 Å². The molecule has 1 aromatic carbocycles. The van der Waals surface area contributed by atoms with E-state index in [1.807, 2.05) is 0 Å². The summed E-state index contributed by atoms with van der Waals surface area (Å²) in [5.74, 6) is 0.265. The molecule has 0 fully saturated rings. The van der Waals surface area contributed by atoms with E-state index in [-0.39, 0.29) is 11.9 Å². The monoisotopic (exact) mass is 302 g/mol. The number of halogens is 2. The maximum atomic E-state index is 12.2. The Labute approximate surface area is 124 Å². The smallest absolute Gasteiger partial charge is 0.255 e. The van der Waals surface area contributed by atoms with Crippen LogP contribution in [0.4, 0.5) is 0 Å². The van der Waals surface area contributed by atoms with Crippen molar-refractivity contribution in [3.63, 3.8) is 0 Å². The zero-order valence-electron chi connectivity index (χ0n) is 11.5. The second kappa shape index (κ2) is 7.13. The van der Waals surface area contributed by atoms with E-state index >= 15 is 0 Å². The molecule has 1 atom stereocenters. The Morgan fingerprint density at radius 2 is 2.00 bits per heavy atom. The van der Waals surface area contributed by atoms with Gasteiger partial charge in [0.05, 0.1) is 10.6 Å². The highest BCUT2D eigenvalue weighted by atomic mass is 35.5. The number of benzene rings is 1. The van der Waals surface area contributed by atoms with Gasteiger partial charge >= 0.3 is 0 Å². The van der Waals surface area contributed by atoms with E-state index in [1.165, 1.54) is 0 Å². The molecule has 1 unspecified atom stereocenters. The summed E-state index contributed by atoms with van der Waals surface area (Å²) in [4.78, 5) is 13.9.